The third kappa shape index (κ3) is 2.98. The van der Waals surface area contributed by atoms with Gasteiger partial charge in [0, 0.05) is 24.6 Å². The highest BCUT2D eigenvalue weighted by Gasteiger charge is 2.42. The third-order valence-electron chi connectivity index (χ3n) is 4.02. The van der Waals surface area contributed by atoms with Gasteiger partial charge >= 0.3 is 0 Å². The molecule has 0 aliphatic carbocycles. The number of ether oxygens (including phenoxy) is 1. The maximum absolute atomic E-state index is 12.7. The van der Waals surface area contributed by atoms with Crippen LogP contribution in [0.2, 0.25) is 0 Å². The Kier molecular flexibility index (Phi) is 4.69. The predicted octanol–water partition coefficient (Wildman–Crippen LogP) is 1.77. The Morgan fingerprint density at radius 3 is 2.50 bits per heavy atom. The van der Waals surface area contributed by atoms with Crippen LogP contribution in [0.4, 0.5) is 5.69 Å². The van der Waals surface area contributed by atoms with Crippen molar-refractivity contribution in [1.29, 1.82) is 0 Å². The first kappa shape index (κ1) is 15.4. The van der Waals surface area contributed by atoms with Gasteiger partial charge in [-0.25, -0.2) is 4.90 Å². The molecule has 118 valence electrons. The number of rotatable bonds is 4. The molecule has 22 heavy (non-hydrogen) atoms. The van der Waals surface area contributed by atoms with Crippen LogP contribution in [0.1, 0.15) is 13.3 Å². The van der Waals surface area contributed by atoms with Crippen molar-refractivity contribution in [1.82, 2.24) is 4.90 Å². The van der Waals surface area contributed by atoms with Crippen molar-refractivity contribution in [3.63, 3.8) is 0 Å². The molecule has 5 nitrogen and oxygen atoms in total. The maximum Gasteiger partial charge on any atom is 0.251 e. The number of anilines is 1. The monoisotopic (exact) mass is 320 g/mol. The Balaban J connectivity index is 1.76. The molecule has 2 heterocycles. The second kappa shape index (κ2) is 6.71. The van der Waals surface area contributed by atoms with Gasteiger partial charge in [-0.1, -0.05) is 0 Å². The smallest absolute Gasteiger partial charge is 0.251 e. The van der Waals surface area contributed by atoms with Crippen molar-refractivity contribution in [2.45, 2.75) is 19.4 Å². The SMILES string of the molecule is CCOc1ccc(N2C(=O)C[C@H](N3CCSCC3)C2=O)cc1. The maximum atomic E-state index is 12.7. The van der Waals surface area contributed by atoms with E-state index in [1.807, 2.05) is 18.7 Å². The van der Waals surface area contributed by atoms with E-state index >= 15 is 0 Å². The number of imide groups is 1. The van der Waals surface area contributed by atoms with E-state index in [2.05, 4.69) is 4.90 Å². The zero-order valence-corrected chi connectivity index (χ0v) is 13.5. The molecular formula is C16H20N2O3S. The number of thioether (sulfide) groups is 1. The number of carbonyl (C=O) groups is 2. The molecule has 1 atom stereocenters. The molecule has 0 unspecified atom stereocenters. The van der Waals surface area contributed by atoms with Crippen molar-refractivity contribution < 1.29 is 14.3 Å². The fraction of sp³-hybridized carbons (Fsp3) is 0.500. The van der Waals surface area contributed by atoms with Crippen molar-refractivity contribution in [2.75, 3.05) is 36.1 Å². The van der Waals surface area contributed by atoms with Crippen molar-refractivity contribution in [2.24, 2.45) is 0 Å². The normalized spacial score (nSPS) is 23.1. The fourth-order valence-electron chi connectivity index (χ4n) is 2.92. The number of hydrogen-bond donors (Lipinski definition) is 0. The van der Waals surface area contributed by atoms with Gasteiger partial charge in [0.15, 0.2) is 0 Å². The highest BCUT2D eigenvalue weighted by atomic mass is 32.2. The number of carbonyl (C=O) groups excluding carboxylic acids is 2. The first-order valence-corrected chi connectivity index (χ1v) is 8.77. The van der Waals surface area contributed by atoms with Crippen LogP contribution in [-0.2, 0) is 9.59 Å². The van der Waals surface area contributed by atoms with E-state index in [1.165, 1.54) is 4.90 Å². The van der Waals surface area contributed by atoms with E-state index in [1.54, 1.807) is 24.3 Å². The topological polar surface area (TPSA) is 49.9 Å². The molecule has 0 spiro atoms. The van der Waals surface area contributed by atoms with Gasteiger partial charge in [0.1, 0.15) is 5.75 Å². The Bertz CT molecular complexity index is 555. The van der Waals surface area contributed by atoms with Crippen LogP contribution in [0.5, 0.6) is 5.75 Å². The largest absolute Gasteiger partial charge is 0.494 e. The summed E-state index contributed by atoms with van der Waals surface area (Å²) < 4.78 is 5.39. The second-order valence-electron chi connectivity index (χ2n) is 5.36. The zero-order chi connectivity index (χ0) is 15.5. The number of nitrogens with zero attached hydrogens (tertiary/aromatic N) is 2. The number of amides is 2. The summed E-state index contributed by atoms with van der Waals surface area (Å²) in [6, 6.07) is 6.85. The summed E-state index contributed by atoms with van der Waals surface area (Å²) >= 11 is 1.90. The molecule has 0 radical (unpaired) electrons. The minimum absolute atomic E-state index is 0.0962. The lowest BCUT2D eigenvalue weighted by molar-refractivity contribution is -0.122. The second-order valence-corrected chi connectivity index (χ2v) is 6.59. The number of benzene rings is 1. The molecule has 2 aliphatic heterocycles. The Hall–Kier alpha value is -1.53. The average Bonchev–Trinajstić information content (AvgIpc) is 2.84. The molecule has 1 aromatic carbocycles. The van der Waals surface area contributed by atoms with Gasteiger partial charge < -0.3 is 4.74 Å². The first-order valence-electron chi connectivity index (χ1n) is 7.62. The lowest BCUT2D eigenvalue weighted by atomic mass is 10.2. The van der Waals surface area contributed by atoms with Crippen LogP contribution in [0.3, 0.4) is 0 Å². The predicted molar refractivity (Wildman–Crippen MR) is 87.4 cm³/mol. The Labute approximate surface area is 134 Å². The standard InChI is InChI=1S/C16H20N2O3S/c1-2-21-13-5-3-12(4-6-13)18-15(19)11-14(16(18)20)17-7-9-22-10-8-17/h3-6,14H,2,7-11H2,1H3/t14-/m0/s1. The lowest BCUT2D eigenvalue weighted by Gasteiger charge is -2.30. The van der Waals surface area contributed by atoms with E-state index < -0.39 is 0 Å². The molecule has 2 fully saturated rings. The Morgan fingerprint density at radius 1 is 1.18 bits per heavy atom. The summed E-state index contributed by atoms with van der Waals surface area (Å²) in [4.78, 5) is 28.4. The highest BCUT2D eigenvalue weighted by molar-refractivity contribution is 7.99. The molecular weight excluding hydrogens is 300 g/mol. The first-order chi connectivity index (χ1) is 10.7. The van der Waals surface area contributed by atoms with E-state index in [0.29, 0.717) is 12.3 Å². The molecule has 3 rings (SSSR count). The number of hydrogen-bond acceptors (Lipinski definition) is 5. The van der Waals surface area contributed by atoms with E-state index in [0.717, 1.165) is 30.3 Å². The molecule has 6 heteroatoms. The van der Waals surface area contributed by atoms with Crippen molar-refractivity contribution in [3.8, 4) is 5.75 Å². The summed E-state index contributed by atoms with van der Waals surface area (Å²) in [5, 5.41) is 0. The third-order valence-corrected chi connectivity index (χ3v) is 4.96. The fourth-order valence-corrected chi connectivity index (χ4v) is 3.85. The average molecular weight is 320 g/mol. The minimum atomic E-state index is -0.292. The molecule has 2 saturated heterocycles. The van der Waals surface area contributed by atoms with Crippen LogP contribution < -0.4 is 9.64 Å². The summed E-state index contributed by atoms with van der Waals surface area (Å²) in [5.74, 6) is 2.59. The van der Waals surface area contributed by atoms with Crippen LogP contribution in [0.25, 0.3) is 0 Å². The molecule has 0 saturated carbocycles. The van der Waals surface area contributed by atoms with Crippen LogP contribution in [0, 0.1) is 0 Å². The lowest BCUT2D eigenvalue weighted by Crippen LogP contribution is -2.45. The van der Waals surface area contributed by atoms with Gasteiger partial charge in [0.2, 0.25) is 5.91 Å². The summed E-state index contributed by atoms with van der Waals surface area (Å²) in [7, 11) is 0. The van der Waals surface area contributed by atoms with E-state index in [9.17, 15) is 9.59 Å². The van der Waals surface area contributed by atoms with Crippen molar-refractivity contribution in [3.05, 3.63) is 24.3 Å². The van der Waals surface area contributed by atoms with E-state index in [4.69, 9.17) is 4.74 Å². The molecule has 2 amide bonds. The quantitative estimate of drug-likeness (QED) is 0.791. The van der Waals surface area contributed by atoms with Gasteiger partial charge in [0.25, 0.3) is 5.91 Å². The Morgan fingerprint density at radius 2 is 1.86 bits per heavy atom. The van der Waals surface area contributed by atoms with Gasteiger partial charge in [0.05, 0.1) is 24.8 Å². The highest BCUT2D eigenvalue weighted by Crippen LogP contribution is 2.28. The molecule has 1 aromatic rings. The molecule has 0 bridgehead atoms. The molecule has 0 N–H and O–H groups in total. The minimum Gasteiger partial charge on any atom is -0.494 e. The summed E-state index contributed by atoms with van der Waals surface area (Å²) in [6.45, 7) is 4.27. The van der Waals surface area contributed by atoms with Gasteiger partial charge in [-0.3, -0.25) is 14.5 Å². The summed E-state index contributed by atoms with van der Waals surface area (Å²) in [6.07, 6.45) is 0.288. The summed E-state index contributed by atoms with van der Waals surface area (Å²) in [5.41, 5.74) is 0.632. The van der Waals surface area contributed by atoms with Crippen LogP contribution in [-0.4, -0.2) is 54.0 Å². The van der Waals surface area contributed by atoms with Gasteiger partial charge in [-0.2, -0.15) is 11.8 Å². The van der Waals surface area contributed by atoms with Crippen LogP contribution in [0.15, 0.2) is 24.3 Å². The van der Waals surface area contributed by atoms with Crippen molar-refractivity contribution >= 4 is 29.3 Å². The van der Waals surface area contributed by atoms with Gasteiger partial charge in [-0.05, 0) is 31.2 Å². The zero-order valence-electron chi connectivity index (χ0n) is 12.7. The molecule has 0 aromatic heterocycles. The van der Waals surface area contributed by atoms with Gasteiger partial charge in [-0.15, -0.1) is 0 Å². The molecule has 2 aliphatic rings. The van der Waals surface area contributed by atoms with Crippen LogP contribution >= 0.6 is 11.8 Å². The van der Waals surface area contributed by atoms with E-state index in [-0.39, 0.29) is 24.3 Å².